The maximum absolute atomic E-state index is 12.9. The summed E-state index contributed by atoms with van der Waals surface area (Å²) in [6, 6.07) is 6.72. The maximum atomic E-state index is 12.9. The van der Waals surface area contributed by atoms with Gasteiger partial charge in [0.05, 0.1) is 11.0 Å². The molecule has 0 atom stereocenters. The number of hydrogen-bond donors (Lipinski definition) is 1. The Kier molecular flexibility index (Phi) is 5.14. The second-order valence-corrected chi connectivity index (χ2v) is 9.59. The van der Waals surface area contributed by atoms with Crippen LogP contribution in [0.5, 0.6) is 0 Å². The minimum atomic E-state index is -3.61. The van der Waals surface area contributed by atoms with Gasteiger partial charge in [0.25, 0.3) is 5.91 Å². The number of hydrogen-bond acceptors (Lipinski definition) is 4. The average molecular weight is 436 g/mol. The summed E-state index contributed by atoms with van der Waals surface area (Å²) in [5.41, 5.74) is 1.73. The first-order valence-electron chi connectivity index (χ1n) is 9.37. The number of aromatic nitrogens is 3. The zero-order valence-electron chi connectivity index (χ0n) is 16.2. The molecule has 1 aliphatic rings. The first-order chi connectivity index (χ1) is 13.8. The Balaban J connectivity index is 1.61. The number of rotatable bonds is 4. The topological polar surface area (TPSA) is 89.2 Å². The van der Waals surface area contributed by atoms with Gasteiger partial charge in [0.2, 0.25) is 16.0 Å². The molecule has 1 fully saturated rings. The van der Waals surface area contributed by atoms with E-state index in [1.54, 1.807) is 30.8 Å². The van der Waals surface area contributed by atoms with E-state index < -0.39 is 15.9 Å². The Morgan fingerprint density at radius 1 is 1.14 bits per heavy atom. The lowest BCUT2D eigenvalue weighted by molar-refractivity contribution is 0.101. The lowest BCUT2D eigenvalue weighted by Crippen LogP contribution is -2.35. The van der Waals surface area contributed by atoms with Gasteiger partial charge in [0.15, 0.2) is 0 Å². The Morgan fingerprint density at radius 2 is 1.86 bits per heavy atom. The van der Waals surface area contributed by atoms with E-state index in [-0.39, 0.29) is 10.6 Å². The van der Waals surface area contributed by atoms with Crippen molar-refractivity contribution in [1.29, 1.82) is 0 Å². The third-order valence-electron chi connectivity index (χ3n) is 5.23. The van der Waals surface area contributed by atoms with Crippen molar-refractivity contribution in [1.82, 2.24) is 18.4 Å². The predicted molar refractivity (Wildman–Crippen MR) is 112 cm³/mol. The van der Waals surface area contributed by atoms with E-state index in [2.05, 4.69) is 10.3 Å². The SMILES string of the molecule is Cn1cc(S(=O)(=O)N2CCCCC2)cc1C(=O)Nc1nc2cc(Cl)ccc2n1C. The molecule has 0 saturated carbocycles. The Morgan fingerprint density at radius 3 is 2.59 bits per heavy atom. The smallest absolute Gasteiger partial charge is 0.274 e. The van der Waals surface area contributed by atoms with Crippen molar-refractivity contribution in [2.24, 2.45) is 14.1 Å². The van der Waals surface area contributed by atoms with Gasteiger partial charge < -0.3 is 9.13 Å². The molecule has 29 heavy (non-hydrogen) atoms. The highest BCUT2D eigenvalue weighted by molar-refractivity contribution is 7.89. The highest BCUT2D eigenvalue weighted by atomic mass is 35.5. The molecule has 8 nitrogen and oxygen atoms in total. The monoisotopic (exact) mass is 435 g/mol. The molecule has 3 heterocycles. The second-order valence-electron chi connectivity index (χ2n) is 7.22. The van der Waals surface area contributed by atoms with E-state index in [1.807, 2.05) is 6.07 Å². The van der Waals surface area contributed by atoms with Crippen molar-refractivity contribution in [3.63, 3.8) is 0 Å². The molecule has 4 rings (SSSR count). The van der Waals surface area contributed by atoms with Crippen molar-refractivity contribution in [2.75, 3.05) is 18.4 Å². The number of carbonyl (C=O) groups excluding carboxylic acids is 1. The molecule has 154 valence electrons. The molecule has 10 heteroatoms. The van der Waals surface area contributed by atoms with Crippen LogP contribution in [-0.4, -0.2) is 45.8 Å². The zero-order valence-corrected chi connectivity index (χ0v) is 17.8. The normalized spacial score (nSPS) is 15.7. The molecule has 0 radical (unpaired) electrons. The second kappa shape index (κ2) is 7.47. The number of imidazole rings is 1. The van der Waals surface area contributed by atoms with Crippen LogP contribution in [0.3, 0.4) is 0 Å². The first-order valence-corrected chi connectivity index (χ1v) is 11.2. The van der Waals surface area contributed by atoms with Gasteiger partial charge in [-0.2, -0.15) is 4.31 Å². The number of aryl methyl sites for hydroxylation is 2. The van der Waals surface area contributed by atoms with Crippen molar-refractivity contribution in [3.8, 4) is 0 Å². The Hall–Kier alpha value is -2.36. The fourth-order valence-corrected chi connectivity index (χ4v) is 5.36. The van der Waals surface area contributed by atoms with E-state index in [0.717, 1.165) is 24.8 Å². The summed E-state index contributed by atoms with van der Waals surface area (Å²) in [6.45, 7) is 1.03. The molecule has 0 unspecified atom stereocenters. The average Bonchev–Trinajstić information content (AvgIpc) is 3.23. The minimum absolute atomic E-state index is 0.129. The third-order valence-corrected chi connectivity index (χ3v) is 7.33. The van der Waals surface area contributed by atoms with Gasteiger partial charge in [-0.25, -0.2) is 13.4 Å². The number of piperidine rings is 1. The van der Waals surface area contributed by atoms with Crippen LogP contribution in [0.1, 0.15) is 29.8 Å². The van der Waals surface area contributed by atoms with Crippen LogP contribution >= 0.6 is 11.6 Å². The van der Waals surface area contributed by atoms with Crippen LogP contribution < -0.4 is 5.32 Å². The molecular weight excluding hydrogens is 414 g/mol. The molecule has 0 aliphatic carbocycles. The number of anilines is 1. The fraction of sp³-hybridized carbons (Fsp3) is 0.368. The fourth-order valence-electron chi connectivity index (χ4n) is 3.61. The Labute approximate surface area is 174 Å². The van der Waals surface area contributed by atoms with Gasteiger partial charge in [-0.3, -0.25) is 10.1 Å². The molecular formula is C19H22ClN5O3S. The van der Waals surface area contributed by atoms with E-state index in [9.17, 15) is 13.2 Å². The van der Waals surface area contributed by atoms with Crippen LogP contribution in [-0.2, 0) is 24.1 Å². The predicted octanol–water partition coefficient (Wildman–Crippen LogP) is 2.99. The number of fused-ring (bicyclic) bond motifs is 1. The van der Waals surface area contributed by atoms with Gasteiger partial charge in [-0.05, 0) is 37.1 Å². The molecule has 3 aromatic rings. The van der Waals surface area contributed by atoms with Crippen LogP contribution in [0.2, 0.25) is 5.02 Å². The summed E-state index contributed by atoms with van der Waals surface area (Å²) in [7, 11) is -0.167. The number of carbonyl (C=O) groups is 1. The molecule has 1 amide bonds. The summed E-state index contributed by atoms with van der Waals surface area (Å²) < 4.78 is 30.5. The van der Waals surface area contributed by atoms with Gasteiger partial charge >= 0.3 is 0 Å². The maximum Gasteiger partial charge on any atom is 0.274 e. The van der Waals surface area contributed by atoms with Crippen molar-refractivity contribution >= 4 is 44.5 Å². The Bertz CT molecular complexity index is 1190. The summed E-state index contributed by atoms with van der Waals surface area (Å²) >= 11 is 6.01. The van der Waals surface area contributed by atoms with Gasteiger partial charge in [0, 0.05) is 38.4 Å². The molecule has 1 aliphatic heterocycles. The zero-order chi connectivity index (χ0) is 20.8. The lowest BCUT2D eigenvalue weighted by atomic mass is 10.2. The van der Waals surface area contributed by atoms with E-state index in [0.29, 0.717) is 29.6 Å². The van der Waals surface area contributed by atoms with Crippen LogP contribution in [0.25, 0.3) is 11.0 Å². The van der Waals surface area contributed by atoms with Crippen LogP contribution in [0.4, 0.5) is 5.95 Å². The van der Waals surface area contributed by atoms with Crippen molar-refractivity contribution in [2.45, 2.75) is 24.2 Å². The van der Waals surface area contributed by atoms with E-state index in [1.165, 1.54) is 21.1 Å². The van der Waals surface area contributed by atoms with Gasteiger partial charge in [-0.15, -0.1) is 0 Å². The van der Waals surface area contributed by atoms with Crippen LogP contribution in [0.15, 0.2) is 35.4 Å². The summed E-state index contributed by atoms with van der Waals surface area (Å²) in [6.07, 6.45) is 4.23. The molecule has 0 bridgehead atoms. The van der Waals surface area contributed by atoms with Gasteiger partial charge in [-0.1, -0.05) is 18.0 Å². The van der Waals surface area contributed by atoms with Crippen molar-refractivity contribution < 1.29 is 13.2 Å². The van der Waals surface area contributed by atoms with Crippen LogP contribution in [0, 0.1) is 0 Å². The minimum Gasteiger partial charge on any atom is -0.345 e. The molecule has 1 N–H and O–H groups in total. The number of amides is 1. The standard InChI is InChI=1S/C19H22ClN5O3S/c1-23-12-14(29(27,28)25-8-4-3-5-9-25)11-17(23)18(26)22-19-21-15-10-13(20)6-7-16(15)24(19)2/h6-7,10-12H,3-5,8-9H2,1-2H3,(H,21,22,26). The summed E-state index contributed by atoms with van der Waals surface area (Å²) in [4.78, 5) is 17.4. The summed E-state index contributed by atoms with van der Waals surface area (Å²) in [5.74, 6) is -0.0778. The largest absolute Gasteiger partial charge is 0.345 e. The number of benzene rings is 1. The highest BCUT2D eigenvalue weighted by Crippen LogP contribution is 2.24. The number of sulfonamides is 1. The third kappa shape index (κ3) is 3.65. The van der Waals surface area contributed by atoms with E-state index in [4.69, 9.17) is 11.6 Å². The number of nitrogens with zero attached hydrogens (tertiary/aromatic N) is 4. The number of nitrogens with one attached hydrogen (secondary N) is 1. The summed E-state index contributed by atoms with van der Waals surface area (Å²) in [5, 5.41) is 3.32. The molecule has 0 spiro atoms. The number of halogens is 1. The lowest BCUT2D eigenvalue weighted by Gasteiger charge is -2.25. The molecule has 1 saturated heterocycles. The highest BCUT2D eigenvalue weighted by Gasteiger charge is 2.28. The van der Waals surface area contributed by atoms with E-state index >= 15 is 0 Å². The molecule has 1 aromatic carbocycles. The first kappa shape index (κ1) is 19.9. The van der Waals surface area contributed by atoms with Crippen molar-refractivity contribution in [3.05, 3.63) is 41.2 Å². The van der Waals surface area contributed by atoms with Gasteiger partial charge in [0.1, 0.15) is 10.6 Å². The molecule has 2 aromatic heterocycles. The quantitative estimate of drug-likeness (QED) is 0.682.